The normalized spacial score (nSPS) is 16.5. The number of rotatable bonds is 5. The summed E-state index contributed by atoms with van der Waals surface area (Å²) in [5.41, 5.74) is 4.12. The highest BCUT2D eigenvalue weighted by atomic mass is 14.9. The SMILES string of the molecule is Cc1[nH]c2ccccc2c1CCCNC1CCCC1. The average molecular weight is 256 g/mol. The molecule has 2 aromatic rings. The first-order chi connectivity index (χ1) is 9.34. The molecule has 1 fully saturated rings. The molecule has 1 aliphatic rings. The quantitative estimate of drug-likeness (QED) is 0.779. The highest BCUT2D eigenvalue weighted by Gasteiger charge is 2.13. The maximum Gasteiger partial charge on any atom is 0.0458 e. The van der Waals surface area contributed by atoms with Crippen molar-refractivity contribution in [1.82, 2.24) is 10.3 Å². The summed E-state index contributed by atoms with van der Waals surface area (Å²) >= 11 is 0. The van der Waals surface area contributed by atoms with Crippen LogP contribution in [0, 0.1) is 6.92 Å². The smallest absolute Gasteiger partial charge is 0.0458 e. The Morgan fingerprint density at radius 3 is 2.84 bits per heavy atom. The topological polar surface area (TPSA) is 27.8 Å². The summed E-state index contributed by atoms with van der Waals surface area (Å²) in [6.07, 6.45) is 8.01. The summed E-state index contributed by atoms with van der Waals surface area (Å²) in [6, 6.07) is 9.44. The van der Waals surface area contributed by atoms with Gasteiger partial charge in [-0.05, 0) is 50.8 Å². The van der Waals surface area contributed by atoms with Crippen LogP contribution in [-0.2, 0) is 6.42 Å². The predicted molar refractivity (Wildman–Crippen MR) is 81.6 cm³/mol. The van der Waals surface area contributed by atoms with E-state index in [0.29, 0.717) is 0 Å². The second-order valence-corrected chi connectivity index (χ2v) is 5.81. The van der Waals surface area contributed by atoms with E-state index in [1.54, 1.807) is 0 Å². The first kappa shape index (κ1) is 12.7. The van der Waals surface area contributed by atoms with E-state index in [1.807, 2.05) is 0 Å². The van der Waals surface area contributed by atoms with Gasteiger partial charge in [0.25, 0.3) is 0 Å². The molecule has 2 N–H and O–H groups in total. The zero-order chi connectivity index (χ0) is 13.1. The molecule has 0 aliphatic heterocycles. The number of aromatic amines is 1. The van der Waals surface area contributed by atoms with Crippen molar-refractivity contribution in [3.05, 3.63) is 35.5 Å². The molecular weight excluding hydrogens is 232 g/mol. The fourth-order valence-corrected chi connectivity index (χ4v) is 3.36. The Hall–Kier alpha value is -1.28. The van der Waals surface area contributed by atoms with Crippen LogP contribution < -0.4 is 5.32 Å². The highest BCUT2D eigenvalue weighted by molar-refractivity contribution is 5.84. The summed E-state index contributed by atoms with van der Waals surface area (Å²) in [6.45, 7) is 3.35. The van der Waals surface area contributed by atoms with Gasteiger partial charge in [-0.3, -0.25) is 0 Å². The second-order valence-electron chi connectivity index (χ2n) is 5.81. The third-order valence-corrected chi connectivity index (χ3v) is 4.42. The highest BCUT2D eigenvalue weighted by Crippen LogP contribution is 2.23. The predicted octanol–water partition coefficient (Wildman–Crippen LogP) is 3.94. The van der Waals surface area contributed by atoms with Crippen LogP contribution in [-0.4, -0.2) is 17.6 Å². The van der Waals surface area contributed by atoms with Crippen molar-refractivity contribution >= 4 is 10.9 Å². The Morgan fingerprint density at radius 2 is 2.00 bits per heavy atom. The number of H-pyrrole nitrogens is 1. The van der Waals surface area contributed by atoms with Crippen molar-refractivity contribution in [2.24, 2.45) is 0 Å². The summed E-state index contributed by atoms with van der Waals surface area (Å²) in [7, 11) is 0. The zero-order valence-electron chi connectivity index (χ0n) is 11.8. The number of benzene rings is 1. The molecule has 2 heteroatoms. The lowest BCUT2D eigenvalue weighted by Crippen LogP contribution is -2.27. The third kappa shape index (κ3) is 2.84. The lowest BCUT2D eigenvalue weighted by Gasteiger charge is -2.11. The zero-order valence-corrected chi connectivity index (χ0v) is 11.8. The van der Waals surface area contributed by atoms with Crippen LogP contribution in [0.3, 0.4) is 0 Å². The van der Waals surface area contributed by atoms with Gasteiger partial charge < -0.3 is 10.3 Å². The minimum Gasteiger partial charge on any atom is -0.358 e. The molecular formula is C17H24N2. The van der Waals surface area contributed by atoms with Crippen LogP contribution in [0.15, 0.2) is 24.3 Å². The molecule has 2 nitrogen and oxygen atoms in total. The number of nitrogens with one attached hydrogen (secondary N) is 2. The standard InChI is InChI=1S/C17H24N2/c1-13-15(16-9-4-5-11-17(16)19-13)10-6-12-18-14-7-2-3-8-14/h4-5,9,11,14,18-19H,2-3,6-8,10,12H2,1H3. The van der Waals surface area contributed by atoms with E-state index < -0.39 is 0 Å². The summed E-state index contributed by atoms with van der Waals surface area (Å²) in [4.78, 5) is 3.49. The molecule has 19 heavy (non-hydrogen) atoms. The summed E-state index contributed by atoms with van der Waals surface area (Å²) in [5.74, 6) is 0. The van der Waals surface area contributed by atoms with Crippen LogP contribution >= 0.6 is 0 Å². The van der Waals surface area contributed by atoms with Gasteiger partial charge in [-0.1, -0.05) is 31.0 Å². The molecule has 3 rings (SSSR count). The first-order valence-corrected chi connectivity index (χ1v) is 7.64. The molecule has 0 unspecified atom stereocenters. The Balaban J connectivity index is 1.57. The van der Waals surface area contributed by atoms with Gasteiger partial charge in [0.05, 0.1) is 0 Å². The minimum absolute atomic E-state index is 0.795. The molecule has 0 bridgehead atoms. The summed E-state index contributed by atoms with van der Waals surface area (Å²) < 4.78 is 0. The molecule has 1 aromatic carbocycles. The van der Waals surface area contributed by atoms with E-state index in [1.165, 1.54) is 60.7 Å². The van der Waals surface area contributed by atoms with E-state index in [4.69, 9.17) is 0 Å². The number of hydrogen-bond donors (Lipinski definition) is 2. The maximum atomic E-state index is 3.70. The maximum absolute atomic E-state index is 3.70. The van der Waals surface area contributed by atoms with Crippen molar-refractivity contribution in [2.45, 2.75) is 51.5 Å². The monoisotopic (exact) mass is 256 g/mol. The Morgan fingerprint density at radius 1 is 1.21 bits per heavy atom. The van der Waals surface area contributed by atoms with Crippen LogP contribution in [0.2, 0.25) is 0 Å². The van der Waals surface area contributed by atoms with Crippen molar-refractivity contribution in [1.29, 1.82) is 0 Å². The molecule has 0 radical (unpaired) electrons. The van der Waals surface area contributed by atoms with E-state index in [0.717, 1.165) is 12.6 Å². The molecule has 0 spiro atoms. The lowest BCUT2D eigenvalue weighted by atomic mass is 10.1. The number of fused-ring (bicyclic) bond motifs is 1. The fraction of sp³-hybridized carbons (Fsp3) is 0.529. The Kier molecular flexibility index (Phi) is 3.88. The van der Waals surface area contributed by atoms with Crippen LogP contribution in [0.25, 0.3) is 10.9 Å². The molecule has 0 amide bonds. The van der Waals surface area contributed by atoms with Gasteiger partial charge in [0, 0.05) is 22.6 Å². The van der Waals surface area contributed by atoms with Gasteiger partial charge in [0.1, 0.15) is 0 Å². The summed E-state index contributed by atoms with van der Waals surface area (Å²) in [5, 5.41) is 5.10. The van der Waals surface area contributed by atoms with Crippen LogP contribution in [0.5, 0.6) is 0 Å². The molecule has 1 saturated carbocycles. The molecule has 1 aliphatic carbocycles. The first-order valence-electron chi connectivity index (χ1n) is 7.64. The van der Waals surface area contributed by atoms with Crippen molar-refractivity contribution in [3.63, 3.8) is 0 Å². The Bertz CT molecular complexity index is 535. The van der Waals surface area contributed by atoms with E-state index >= 15 is 0 Å². The van der Waals surface area contributed by atoms with E-state index in [2.05, 4.69) is 41.5 Å². The van der Waals surface area contributed by atoms with Gasteiger partial charge in [-0.15, -0.1) is 0 Å². The van der Waals surface area contributed by atoms with Gasteiger partial charge in [0.15, 0.2) is 0 Å². The van der Waals surface area contributed by atoms with Gasteiger partial charge in [-0.2, -0.15) is 0 Å². The number of hydrogen-bond acceptors (Lipinski definition) is 1. The van der Waals surface area contributed by atoms with Gasteiger partial charge in [0.2, 0.25) is 0 Å². The van der Waals surface area contributed by atoms with E-state index in [-0.39, 0.29) is 0 Å². The molecule has 1 heterocycles. The van der Waals surface area contributed by atoms with Gasteiger partial charge >= 0.3 is 0 Å². The van der Waals surface area contributed by atoms with Gasteiger partial charge in [-0.25, -0.2) is 0 Å². The largest absolute Gasteiger partial charge is 0.358 e. The second kappa shape index (κ2) is 5.79. The number of para-hydroxylation sites is 1. The average Bonchev–Trinajstić information content (AvgIpc) is 3.02. The van der Waals surface area contributed by atoms with Crippen molar-refractivity contribution in [3.8, 4) is 0 Å². The van der Waals surface area contributed by atoms with Crippen LogP contribution in [0.4, 0.5) is 0 Å². The number of aryl methyl sites for hydroxylation is 2. The lowest BCUT2D eigenvalue weighted by molar-refractivity contribution is 0.515. The van der Waals surface area contributed by atoms with Crippen LogP contribution in [0.1, 0.15) is 43.4 Å². The minimum atomic E-state index is 0.795. The molecule has 1 aromatic heterocycles. The molecule has 102 valence electrons. The van der Waals surface area contributed by atoms with Crippen molar-refractivity contribution < 1.29 is 0 Å². The van der Waals surface area contributed by atoms with E-state index in [9.17, 15) is 0 Å². The Labute approximate surface area is 115 Å². The third-order valence-electron chi connectivity index (χ3n) is 4.42. The molecule has 0 atom stereocenters. The fourth-order valence-electron chi connectivity index (χ4n) is 3.36. The van der Waals surface area contributed by atoms with Crippen molar-refractivity contribution in [2.75, 3.05) is 6.54 Å². The number of aromatic nitrogens is 1. The molecule has 0 saturated heterocycles.